The third kappa shape index (κ3) is 4.26. The van der Waals surface area contributed by atoms with E-state index < -0.39 is 5.60 Å². The molecule has 5 nitrogen and oxygen atoms in total. The fourth-order valence-electron chi connectivity index (χ4n) is 5.69. The minimum atomic E-state index is -0.716. The summed E-state index contributed by atoms with van der Waals surface area (Å²) in [4.78, 5) is 15.4. The maximum absolute atomic E-state index is 13.4. The Morgan fingerprint density at radius 3 is 2.67 bits per heavy atom. The van der Waals surface area contributed by atoms with Crippen molar-refractivity contribution in [2.75, 3.05) is 13.3 Å². The van der Waals surface area contributed by atoms with Crippen LogP contribution >= 0.6 is 0 Å². The van der Waals surface area contributed by atoms with Crippen LogP contribution in [0.1, 0.15) is 74.6 Å². The molecule has 33 heavy (non-hydrogen) atoms. The lowest BCUT2D eigenvalue weighted by atomic mass is 9.66. The third-order valence-corrected chi connectivity index (χ3v) is 7.61. The lowest BCUT2D eigenvalue weighted by Gasteiger charge is -2.52. The number of rotatable bonds is 4. The van der Waals surface area contributed by atoms with Crippen LogP contribution in [0.2, 0.25) is 0 Å². The summed E-state index contributed by atoms with van der Waals surface area (Å²) in [7, 11) is 0. The maximum Gasteiger partial charge on any atom is 0.247 e. The van der Waals surface area contributed by atoms with E-state index in [2.05, 4.69) is 38.1 Å². The zero-order valence-electron chi connectivity index (χ0n) is 19.5. The molecule has 2 heterocycles. The largest absolute Gasteiger partial charge is 0.454 e. The van der Waals surface area contributed by atoms with Gasteiger partial charge in [-0.1, -0.05) is 57.0 Å². The first-order chi connectivity index (χ1) is 15.9. The number of hydrogen-bond donors (Lipinski definition) is 1. The van der Waals surface area contributed by atoms with Crippen molar-refractivity contribution in [3.05, 3.63) is 65.2 Å². The lowest BCUT2D eigenvalue weighted by molar-refractivity contribution is -0.150. The molecule has 0 bridgehead atoms. The molecule has 1 saturated carbocycles. The van der Waals surface area contributed by atoms with Crippen molar-refractivity contribution in [3.63, 3.8) is 0 Å². The van der Waals surface area contributed by atoms with Gasteiger partial charge in [-0.3, -0.25) is 4.79 Å². The number of ether oxygens (including phenoxy) is 2. The van der Waals surface area contributed by atoms with E-state index in [0.29, 0.717) is 24.6 Å². The van der Waals surface area contributed by atoms with Gasteiger partial charge in [-0.2, -0.15) is 0 Å². The number of likely N-dealkylation sites (tertiary alicyclic amines) is 1. The second-order valence-electron chi connectivity index (χ2n) is 9.95. The molecule has 1 amide bonds. The first kappa shape index (κ1) is 22.0. The fraction of sp³-hybridized carbons (Fsp3) is 0.464. The molecule has 5 heteroatoms. The average Bonchev–Trinajstić information content (AvgIpc) is 3.29. The van der Waals surface area contributed by atoms with Crippen LogP contribution in [0, 0.1) is 5.92 Å². The normalized spacial score (nSPS) is 26.6. The molecular formula is C28H33NO4. The number of carbonyl (C=O) groups is 1. The van der Waals surface area contributed by atoms with Gasteiger partial charge >= 0.3 is 0 Å². The summed E-state index contributed by atoms with van der Waals surface area (Å²) in [5.41, 5.74) is 2.59. The Kier molecular flexibility index (Phi) is 5.92. The highest BCUT2D eigenvalue weighted by molar-refractivity contribution is 5.92. The van der Waals surface area contributed by atoms with Gasteiger partial charge in [0.2, 0.25) is 12.7 Å². The van der Waals surface area contributed by atoms with Crippen molar-refractivity contribution < 1.29 is 19.4 Å². The van der Waals surface area contributed by atoms with Crippen LogP contribution in [0.4, 0.5) is 0 Å². The molecule has 5 rings (SSSR count). The van der Waals surface area contributed by atoms with Gasteiger partial charge in [0.1, 0.15) is 0 Å². The predicted octanol–water partition coefficient (Wildman–Crippen LogP) is 5.45. The van der Waals surface area contributed by atoms with E-state index in [-0.39, 0.29) is 24.7 Å². The van der Waals surface area contributed by atoms with Crippen LogP contribution < -0.4 is 9.47 Å². The fourth-order valence-corrected chi connectivity index (χ4v) is 5.69. The van der Waals surface area contributed by atoms with Gasteiger partial charge in [0.05, 0.1) is 11.6 Å². The number of nitrogens with zero attached hydrogens (tertiary/aromatic N) is 1. The highest BCUT2D eigenvalue weighted by atomic mass is 16.7. The lowest BCUT2D eigenvalue weighted by Crippen LogP contribution is -2.56. The van der Waals surface area contributed by atoms with Gasteiger partial charge in [-0.05, 0) is 60.1 Å². The molecule has 0 radical (unpaired) electrons. The zero-order chi connectivity index (χ0) is 23.0. The zero-order valence-corrected chi connectivity index (χ0v) is 19.5. The van der Waals surface area contributed by atoms with E-state index in [1.54, 1.807) is 6.08 Å². The monoisotopic (exact) mass is 447 g/mol. The third-order valence-electron chi connectivity index (χ3n) is 7.61. The van der Waals surface area contributed by atoms with Crippen molar-refractivity contribution in [2.45, 2.75) is 63.5 Å². The number of carbonyl (C=O) groups excluding carboxylic acids is 1. The number of hydrogen-bond acceptors (Lipinski definition) is 4. The molecule has 1 aliphatic carbocycles. The molecule has 3 aliphatic rings. The number of amides is 1. The number of benzene rings is 2. The molecule has 2 aromatic carbocycles. The summed E-state index contributed by atoms with van der Waals surface area (Å²) in [6, 6.07) is 14.1. The second-order valence-corrected chi connectivity index (χ2v) is 9.95. The Morgan fingerprint density at radius 2 is 1.88 bits per heavy atom. The van der Waals surface area contributed by atoms with Crippen molar-refractivity contribution in [3.8, 4) is 11.5 Å². The van der Waals surface area contributed by atoms with Crippen molar-refractivity contribution >= 4 is 12.0 Å². The molecule has 0 spiro atoms. The summed E-state index contributed by atoms with van der Waals surface area (Å²) < 4.78 is 11.1. The van der Waals surface area contributed by atoms with Crippen molar-refractivity contribution in [1.82, 2.24) is 4.90 Å². The summed E-state index contributed by atoms with van der Waals surface area (Å²) >= 11 is 0. The quantitative estimate of drug-likeness (QED) is 0.634. The van der Waals surface area contributed by atoms with E-state index >= 15 is 0 Å². The van der Waals surface area contributed by atoms with Gasteiger partial charge in [-0.25, -0.2) is 0 Å². The van der Waals surface area contributed by atoms with E-state index in [9.17, 15) is 9.90 Å². The van der Waals surface area contributed by atoms with Gasteiger partial charge in [-0.15, -0.1) is 0 Å². The second kappa shape index (κ2) is 8.86. The summed E-state index contributed by atoms with van der Waals surface area (Å²) in [6.07, 6.45) is 8.04. The van der Waals surface area contributed by atoms with Crippen LogP contribution in [-0.4, -0.2) is 34.9 Å². The van der Waals surface area contributed by atoms with E-state index in [4.69, 9.17) is 9.47 Å². The Morgan fingerprint density at radius 1 is 1.09 bits per heavy atom. The van der Waals surface area contributed by atoms with Crippen molar-refractivity contribution in [1.29, 1.82) is 0 Å². The molecule has 2 aliphatic heterocycles. The van der Waals surface area contributed by atoms with E-state index in [1.807, 2.05) is 29.2 Å². The highest BCUT2D eigenvalue weighted by Crippen LogP contribution is 2.50. The van der Waals surface area contributed by atoms with Crippen LogP contribution in [-0.2, 0) is 4.79 Å². The summed E-state index contributed by atoms with van der Waals surface area (Å²) in [5, 5.41) is 11.5. The van der Waals surface area contributed by atoms with Crippen LogP contribution in [0.5, 0.6) is 11.5 Å². The molecule has 2 aromatic rings. The van der Waals surface area contributed by atoms with Gasteiger partial charge in [0, 0.05) is 18.5 Å². The molecule has 3 atom stereocenters. The Labute approximate surface area is 196 Å². The van der Waals surface area contributed by atoms with Crippen LogP contribution in [0.25, 0.3) is 6.08 Å². The van der Waals surface area contributed by atoms with Gasteiger partial charge in [0.25, 0.3) is 0 Å². The van der Waals surface area contributed by atoms with E-state index in [1.165, 1.54) is 5.56 Å². The van der Waals surface area contributed by atoms with E-state index in [0.717, 1.165) is 42.6 Å². The molecule has 3 unspecified atom stereocenters. The smallest absolute Gasteiger partial charge is 0.247 e. The van der Waals surface area contributed by atoms with Gasteiger partial charge < -0.3 is 19.5 Å². The predicted molar refractivity (Wildman–Crippen MR) is 128 cm³/mol. The maximum atomic E-state index is 13.4. The number of fused-ring (bicyclic) bond motifs is 2. The topological polar surface area (TPSA) is 59.0 Å². The average molecular weight is 448 g/mol. The molecule has 1 N–H and O–H groups in total. The van der Waals surface area contributed by atoms with Crippen LogP contribution in [0.3, 0.4) is 0 Å². The number of aliphatic hydroxyl groups is 1. The number of piperidine rings is 1. The Bertz CT molecular complexity index is 1040. The molecule has 1 saturated heterocycles. The minimum Gasteiger partial charge on any atom is -0.454 e. The molecular weight excluding hydrogens is 414 g/mol. The molecule has 0 aromatic heterocycles. The molecule has 2 fully saturated rings. The minimum absolute atomic E-state index is 0.0155. The summed E-state index contributed by atoms with van der Waals surface area (Å²) in [6.45, 7) is 5.11. The Hall–Kier alpha value is -2.79. The highest BCUT2D eigenvalue weighted by Gasteiger charge is 2.50. The summed E-state index contributed by atoms with van der Waals surface area (Å²) in [5.74, 6) is 1.93. The first-order valence-corrected chi connectivity index (χ1v) is 12.2. The van der Waals surface area contributed by atoms with Gasteiger partial charge in [0.15, 0.2) is 11.5 Å². The first-order valence-electron chi connectivity index (χ1n) is 12.2. The standard InChI is InChI=1S/C28H33NO4/c1-19(2)21-9-6-20(7-10-21)8-13-26(30)29-16-15-28(31)14-4-3-5-23(28)27(29)22-11-12-24-25(17-22)33-18-32-24/h6-13,17,19,23,27,31H,3-5,14-16,18H2,1-2H3. The van der Waals surface area contributed by atoms with Crippen molar-refractivity contribution in [2.24, 2.45) is 5.92 Å². The van der Waals surface area contributed by atoms with Crippen LogP contribution in [0.15, 0.2) is 48.5 Å². The molecule has 174 valence electrons. The SMILES string of the molecule is CC(C)c1ccc(C=CC(=O)N2CCC3(O)CCCCC3C2c2ccc3c(c2)OCO3)cc1. The Balaban J connectivity index is 1.43.